The molecule has 0 saturated heterocycles. The Morgan fingerprint density at radius 2 is 1.00 bits per heavy atom. The summed E-state index contributed by atoms with van der Waals surface area (Å²) in [6, 6.07) is 0. The summed E-state index contributed by atoms with van der Waals surface area (Å²) in [5.74, 6) is 0. The van der Waals surface area contributed by atoms with Crippen LogP contribution in [0.5, 0.6) is 0 Å². The number of aliphatic hydroxyl groups is 1. The Morgan fingerprint density at radius 1 is 0.750 bits per heavy atom. The smallest absolute Gasteiger partial charge is 0.0902 e. The Labute approximate surface area is 102 Å². The Kier molecular flexibility index (Phi) is 3.45. The van der Waals surface area contributed by atoms with Gasteiger partial charge in [-0.05, 0) is 24.2 Å². The van der Waals surface area contributed by atoms with Crippen molar-refractivity contribution < 1.29 is 5.11 Å². The topological polar surface area (TPSA) is 20.2 Å². The lowest BCUT2D eigenvalue weighted by Crippen LogP contribution is -2.38. The third-order valence-electron chi connectivity index (χ3n) is 3.53. The Balaban J connectivity index is 3.29. The van der Waals surface area contributed by atoms with Crippen LogP contribution in [0.15, 0.2) is 21.5 Å². The summed E-state index contributed by atoms with van der Waals surface area (Å²) in [5.41, 5.74) is 2.76. The highest BCUT2D eigenvalue weighted by Crippen LogP contribution is 2.40. The van der Waals surface area contributed by atoms with Crippen molar-refractivity contribution in [2.45, 2.75) is 59.2 Å². The van der Waals surface area contributed by atoms with Crippen LogP contribution in [0.25, 0.3) is 0 Å². The van der Waals surface area contributed by atoms with Gasteiger partial charge in [0.15, 0.2) is 0 Å². The van der Waals surface area contributed by atoms with Crippen LogP contribution < -0.4 is 0 Å². The summed E-state index contributed by atoms with van der Waals surface area (Å²) >= 11 is 0. The van der Waals surface area contributed by atoms with Crippen LogP contribution in [-0.4, -0.2) is 27.4 Å². The van der Waals surface area contributed by atoms with Gasteiger partial charge in [0.05, 0.1) is 22.3 Å². The molecule has 1 nitrogen and oxygen atoms in total. The van der Waals surface area contributed by atoms with Crippen molar-refractivity contribution >= 4 is 16.1 Å². The van der Waals surface area contributed by atoms with E-state index in [1.165, 1.54) is 21.5 Å². The van der Waals surface area contributed by atoms with E-state index in [0.29, 0.717) is 0 Å². The largest absolute Gasteiger partial charge is 0.385 e. The predicted molar refractivity (Wildman–Crippen MR) is 78.1 cm³/mol. The van der Waals surface area contributed by atoms with Crippen LogP contribution in [0.3, 0.4) is 0 Å². The molecule has 0 radical (unpaired) electrons. The molecule has 0 fully saturated rings. The van der Waals surface area contributed by atoms with Crippen molar-refractivity contribution in [1.82, 2.24) is 0 Å². The van der Waals surface area contributed by atoms with Gasteiger partial charge in [-0.2, -0.15) is 0 Å². The first-order valence-corrected chi connectivity index (χ1v) is 13.1. The maximum absolute atomic E-state index is 10.6. The molecule has 0 heterocycles. The van der Waals surface area contributed by atoms with Crippen LogP contribution >= 0.6 is 0 Å². The molecule has 0 unspecified atom stereocenters. The van der Waals surface area contributed by atoms with Gasteiger partial charge in [-0.25, -0.2) is 0 Å². The third-order valence-corrected chi connectivity index (χ3v) is 8.06. The summed E-state index contributed by atoms with van der Waals surface area (Å²) in [6.07, 6.45) is -0.265. The quantitative estimate of drug-likeness (QED) is 0.744. The van der Waals surface area contributed by atoms with Crippen molar-refractivity contribution in [2.75, 3.05) is 0 Å². The standard InChI is InChI=1S/C13H26OSi2/c1-9-10(2)13(16(6,7)8)11(14)12(9)15(3,4)5/h11,14H,1-8H3. The summed E-state index contributed by atoms with van der Waals surface area (Å²) < 4.78 is 0. The van der Waals surface area contributed by atoms with Crippen LogP contribution in [0.4, 0.5) is 0 Å². The number of rotatable bonds is 2. The van der Waals surface area contributed by atoms with Crippen LogP contribution in [0.1, 0.15) is 13.8 Å². The molecule has 0 bridgehead atoms. The molecule has 1 rings (SSSR count). The zero-order chi connectivity index (χ0) is 12.9. The maximum atomic E-state index is 10.6. The second-order valence-electron chi connectivity index (χ2n) is 6.98. The molecule has 1 aliphatic carbocycles. The molecule has 0 atom stereocenters. The van der Waals surface area contributed by atoms with E-state index in [4.69, 9.17) is 0 Å². The molecule has 0 amide bonds. The van der Waals surface area contributed by atoms with Crippen molar-refractivity contribution in [3.8, 4) is 0 Å². The van der Waals surface area contributed by atoms with Gasteiger partial charge in [-0.15, -0.1) is 0 Å². The molecular formula is C13H26OSi2. The van der Waals surface area contributed by atoms with Gasteiger partial charge in [0.2, 0.25) is 0 Å². The number of allylic oxidation sites excluding steroid dienone is 2. The van der Waals surface area contributed by atoms with Crippen LogP contribution in [-0.2, 0) is 0 Å². The second-order valence-corrected chi connectivity index (χ2v) is 17.1. The highest BCUT2D eigenvalue weighted by Gasteiger charge is 2.40. The summed E-state index contributed by atoms with van der Waals surface area (Å²) in [5, 5.41) is 13.3. The fourth-order valence-electron chi connectivity index (χ4n) is 2.90. The number of aliphatic hydroxyl groups excluding tert-OH is 1. The molecular weight excluding hydrogens is 228 g/mol. The average molecular weight is 255 g/mol. The van der Waals surface area contributed by atoms with E-state index in [1.807, 2.05) is 0 Å². The van der Waals surface area contributed by atoms with E-state index in [9.17, 15) is 5.11 Å². The average Bonchev–Trinajstić information content (AvgIpc) is 2.19. The van der Waals surface area contributed by atoms with Gasteiger partial charge in [-0.1, -0.05) is 50.4 Å². The lowest BCUT2D eigenvalue weighted by molar-refractivity contribution is 0.262. The first kappa shape index (κ1) is 13.9. The first-order chi connectivity index (χ1) is 6.98. The fraction of sp³-hybridized carbons (Fsp3) is 0.692. The molecule has 0 aliphatic heterocycles. The minimum Gasteiger partial charge on any atom is -0.385 e. The van der Waals surface area contributed by atoms with Crippen LogP contribution in [0, 0.1) is 0 Å². The minimum absolute atomic E-state index is 0.265. The zero-order valence-electron chi connectivity index (χ0n) is 12.0. The van der Waals surface area contributed by atoms with Gasteiger partial charge in [0, 0.05) is 0 Å². The Hall–Kier alpha value is -0.126. The third kappa shape index (κ3) is 2.26. The molecule has 1 aliphatic rings. The summed E-state index contributed by atoms with van der Waals surface area (Å²) in [4.78, 5) is 0. The maximum Gasteiger partial charge on any atom is 0.0902 e. The highest BCUT2D eigenvalue weighted by atomic mass is 28.3. The van der Waals surface area contributed by atoms with Crippen molar-refractivity contribution in [1.29, 1.82) is 0 Å². The predicted octanol–water partition coefficient (Wildman–Crippen LogP) is 3.75. The van der Waals surface area contributed by atoms with Gasteiger partial charge in [0.25, 0.3) is 0 Å². The highest BCUT2D eigenvalue weighted by molar-refractivity contribution is 6.86. The van der Waals surface area contributed by atoms with E-state index < -0.39 is 16.1 Å². The lowest BCUT2D eigenvalue weighted by Gasteiger charge is -2.29. The molecule has 0 aromatic carbocycles. The number of hydrogen-bond acceptors (Lipinski definition) is 1. The molecule has 92 valence electrons. The van der Waals surface area contributed by atoms with Gasteiger partial charge >= 0.3 is 0 Å². The van der Waals surface area contributed by atoms with E-state index >= 15 is 0 Å². The summed E-state index contributed by atoms with van der Waals surface area (Å²) in [6.45, 7) is 18.4. The van der Waals surface area contributed by atoms with Crippen molar-refractivity contribution in [2.24, 2.45) is 0 Å². The Bertz CT molecular complexity index is 328. The monoisotopic (exact) mass is 254 g/mol. The molecule has 1 N–H and O–H groups in total. The van der Waals surface area contributed by atoms with E-state index in [-0.39, 0.29) is 6.10 Å². The molecule has 0 aromatic heterocycles. The molecule has 16 heavy (non-hydrogen) atoms. The van der Waals surface area contributed by atoms with Gasteiger partial charge in [-0.3, -0.25) is 0 Å². The van der Waals surface area contributed by atoms with Crippen molar-refractivity contribution in [3.63, 3.8) is 0 Å². The van der Waals surface area contributed by atoms with Crippen molar-refractivity contribution in [3.05, 3.63) is 21.5 Å². The SMILES string of the molecule is CC1=C([Si](C)(C)C)C(O)C([Si](C)(C)C)=C1C. The lowest BCUT2D eigenvalue weighted by atomic mass is 10.2. The normalized spacial score (nSPS) is 20.1. The van der Waals surface area contributed by atoms with E-state index in [2.05, 4.69) is 53.1 Å². The van der Waals surface area contributed by atoms with E-state index in [0.717, 1.165) is 0 Å². The molecule has 0 aromatic rings. The van der Waals surface area contributed by atoms with Crippen LogP contribution in [0.2, 0.25) is 39.3 Å². The van der Waals surface area contributed by atoms with E-state index in [1.54, 1.807) is 0 Å². The molecule has 0 spiro atoms. The van der Waals surface area contributed by atoms with Gasteiger partial charge < -0.3 is 5.11 Å². The molecule has 0 saturated carbocycles. The fourth-order valence-corrected chi connectivity index (χ4v) is 7.60. The Morgan fingerprint density at radius 3 is 1.12 bits per heavy atom. The number of hydrogen-bond donors (Lipinski definition) is 1. The zero-order valence-corrected chi connectivity index (χ0v) is 14.0. The minimum atomic E-state index is -1.40. The summed E-state index contributed by atoms with van der Waals surface area (Å²) in [7, 11) is -2.81. The second kappa shape index (κ2) is 3.96. The van der Waals surface area contributed by atoms with Gasteiger partial charge in [0.1, 0.15) is 0 Å². The first-order valence-electron chi connectivity index (χ1n) is 6.09. The molecule has 3 heteroatoms.